The molecular weight excluding hydrogens is 290 g/mol. The zero-order chi connectivity index (χ0) is 16.3. The number of hydrogen-bond donors (Lipinski definition) is 2. The van der Waals surface area contributed by atoms with Crippen LogP contribution in [0, 0.1) is 5.41 Å². The number of aromatic nitrogens is 2. The van der Waals surface area contributed by atoms with Crippen LogP contribution < -0.4 is 15.5 Å². The number of nitrogens with one attached hydrogen (secondary N) is 2. The molecular formula is C17H29N5O. The Hall–Kier alpha value is -1.40. The van der Waals surface area contributed by atoms with E-state index in [1.807, 2.05) is 25.1 Å². The van der Waals surface area contributed by atoms with E-state index in [-0.39, 0.29) is 6.10 Å². The van der Waals surface area contributed by atoms with Crippen molar-refractivity contribution in [1.29, 1.82) is 0 Å². The van der Waals surface area contributed by atoms with E-state index in [0.717, 1.165) is 56.5 Å². The first-order valence-corrected chi connectivity index (χ1v) is 8.72. The molecule has 0 amide bonds. The predicted molar refractivity (Wildman–Crippen MR) is 93.1 cm³/mol. The molecule has 2 fully saturated rings. The maximum absolute atomic E-state index is 6.06. The fourth-order valence-electron chi connectivity index (χ4n) is 3.51. The maximum atomic E-state index is 6.06. The van der Waals surface area contributed by atoms with Gasteiger partial charge in [0, 0.05) is 32.4 Å². The fourth-order valence-corrected chi connectivity index (χ4v) is 3.51. The first kappa shape index (κ1) is 16.5. The van der Waals surface area contributed by atoms with Crippen LogP contribution in [-0.2, 0) is 11.2 Å². The molecule has 2 N–H and O–H groups in total. The maximum Gasteiger partial charge on any atom is 0.226 e. The minimum absolute atomic E-state index is 0.288. The third kappa shape index (κ3) is 3.93. The van der Waals surface area contributed by atoms with Gasteiger partial charge < -0.3 is 20.3 Å². The first-order valence-electron chi connectivity index (χ1n) is 8.72. The van der Waals surface area contributed by atoms with E-state index in [2.05, 4.69) is 27.5 Å². The van der Waals surface area contributed by atoms with E-state index in [4.69, 9.17) is 4.74 Å². The van der Waals surface area contributed by atoms with Crippen LogP contribution >= 0.6 is 0 Å². The third-order valence-electron chi connectivity index (χ3n) is 4.99. The Morgan fingerprint density at radius 3 is 2.83 bits per heavy atom. The van der Waals surface area contributed by atoms with Crippen LogP contribution in [-0.4, -0.2) is 56.4 Å². The third-order valence-corrected chi connectivity index (χ3v) is 4.99. The number of aryl methyl sites for hydroxylation is 1. The van der Waals surface area contributed by atoms with Crippen LogP contribution in [0.25, 0.3) is 0 Å². The molecule has 2 saturated heterocycles. The minimum Gasteiger partial charge on any atom is -0.376 e. The van der Waals surface area contributed by atoms with Crippen molar-refractivity contribution in [3.63, 3.8) is 0 Å². The summed E-state index contributed by atoms with van der Waals surface area (Å²) in [6.07, 6.45) is 4.84. The van der Waals surface area contributed by atoms with Crippen molar-refractivity contribution in [3.8, 4) is 0 Å². The molecule has 6 heteroatoms. The lowest BCUT2D eigenvalue weighted by Gasteiger charge is -2.32. The highest BCUT2D eigenvalue weighted by Crippen LogP contribution is 2.40. The van der Waals surface area contributed by atoms with Gasteiger partial charge in [0.15, 0.2) is 0 Å². The van der Waals surface area contributed by atoms with Crippen LogP contribution in [0.2, 0.25) is 0 Å². The van der Waals surface area contributed by atoms with Crippen molar-refractivity contribution in [1.82, 2.24) is 15.3 Å². The monoisotopic (exact) mass is 319 g/mol. The lowest BCUT2D eigenvalue weighted by molar-refractivity contribution is 0.0924. The Bertz CT molecular complexity index is 528. The number of rotatable bonds is 5. The van der Waals surface area contributed by atoms with Gasteiger partial charge in [-0.15, -0.1) is 0 Å². The molecule has 1 atom stereocenters. The molecule has 23 heavy (non-hydrogen) atoms. The Labute approximate surface area is 139 Å². The topological polar surface area (TPSA) is 62.3 Å². The summed E-state index contributed by atoms with van der Waals surface area (Å²) in [6.45, 7) is 6.10. The second-order valence-corrected chi connectivity index (χ2v) is 7.06. The molecule has 1 aromatic heterocycles. The molecule has 6 nitrogen and oxygen atoms in total. The average molecular weight is 319 g/mol. The summed E-state index contributed by atoms with van der Waals surface area (Å²) in [5.41, 5.74) is 1.47. The van der Waals surface area contributed by atoms with Crippen LogP contribution in [0.3, 0.4) is 0 Å². The van der Waals surface area contributed by atoms with Gasteiger partial charge in [-0.3, -0.25) is 0 Å². The van der Waals surface area contributed by atoms with Gasteiger partial charge >= 0.3 is 0 Å². The molecule has 1 spiro atoms. The largest absolute Gasteiger partial charge is 0.376 e. The molecule has 0 radical (unpaired) electrons. The van der Waals surface area contributed by atoms with E-state index < -0.39 is 0 Å². The Kier molecular flexibility index (Phi) is 5.02. The van der Waals surface area contributed by atoms with E-state index in [0.29, 0.717) is 5.41 Å². The van der Waals surface area contributed by atoms with Gasteiger partial charge in [0.1, 0.15) is 5.82 Å². The standard InChI is InChI=1S/C17H29N5O/c1-4-13-9-15(21-16(20-13)22(2)3)19-11-14-10-17(12-23-14)5-7-18-8-6-17/h9,14,18H,4-8,10-12H2,1-3H3,(H,19,20,21). The lowest BCUT2D eigenvalue weighted by Crippen LogP contribution is -2.37. The normalized spacial score (nSPS) is 23.2. The van der Waals surface area contributed by atoms with Gasteiger partial charge in [0.2, 0.25) is 5.95 Å². The van der Waals surface area contributed by atoms with Gasteiger partial charge in [-0.25, -0.2) is 4.98 Å². The van der Waals surface area contributed by atoms with E-state index >= 15 is 0 Å². The van der Waals surface area contributed by atoms with E-state index in [1.54, 1.807) is 0 Å². The second kappa shape index (κ2) is 7.01. The first-order chi connectivity index (χ1) is 11.1. The molecule has 1 aromatic rings. The molecule has 0 aromatic carbocycles. The fraction of sp³-hybridized carbons (Fsp3) is 0.765. The number of ether oxygens (including phenoxy) is 1. The Morgan fingerprint density at radius 1 is 1.35 bits per heavy atom. The summed E-state index contributed by atoms with van der Waals surface area (Å²) in [6, 6.07) is 2.04. The number of anilines is 2. The highest BCUT2D eigenvalue weighted by molar-refractivity contribution is 5.43. The quantitative estimate of drug-likeness (QED) is 0.861. The molecule has 0 saturated carbocycles. The molecule has 2 aliphatic rings. The highest BCUT2D eigenvalue weighted by Gasteiger charge is 2.40. The number of hydrogen-bond acceptors (Lipinski definition) is 6. The van der Waals surface area contributed by atoms with Crippen LogP contribution in [0.5, 0.6) is 0 Å². The van der Waals surface area contributed by atoms with Crippen LogP contribution in [0.1, 0.15) is 31.9 Å². The molecule has 2 aliphatic heterocycles. The molecule has 1 unspecified atom stereocenters. The lowest BCUT2D eigenvalue weighted by atomic mass is 9.77. The van der Waals surface area contributed by atoms with Crippen molar-refractivity contribution >= 4 is 11.8 Å². The number of piperidine rings is 1. The van der Waals surface area contributed by atoms with Gasteiger partial charge in [0.05, 0.1) is 12.7 Å². The molecule has 128 valence electrons. The Balaban J connectivity index is 1.59. The highest BCUT2D eigenvalue weighted by atomic mass is 16.5. The van der Waals surface area contributed by atoms with Gasteiger partial charge in [-0.2, -0.15) is 4.98 Å². The number of nitrogens with zero attached hydrogens (tertiary/aromatic N) is 3. The van der Waals surface area contributed by atoms with E-state index in [9.17, 15) is 0 Å². The zero-order valence-electron chi connectivity index (χ0n) is 14.6. The summed E-state index contributed by atoms with van der Waals surface area (Å²) >= 11 is 0. The van der Waals surface area contributed by atoms with Gasteiger partial charge in [0.25, 0.3) is 0 Å². The minimum atomic E-state index is 0.288. The van der Waals surface area contributed by atoms with Crippen LogP contribution in [0.15, 0.2) is 6.07 Å². The van der Waals surface area contributed by atoms with Crippen molar-refractivity contribution in [2.75, 3.05) is 50.6 Å². The summed E-state index contributed by atoms with van der Waals surface area (Å²) in [7, 11) is 3.94. The smallest absolute Gasteiger partial charge is 0.226 e. The van der Waals surface area contributed by atoms with E-state index in [1.165, 1.54) is 12.8 Å². The van der Waals surface area contributed by atoms with Crippen LogP contribution in [0.4, 0.5) is 11.8 Å². The molecule has 3 heterocycles. The van der Waals surface area contributed by atoms with Gasteiger partial charge in [-0.1, -0.05) is 6.92 Å². The second-order valence-electron chi connectivity index (χ2n) is 7.06. The zero-order valence-corrected chi connectivity index (χ0v) is 14.6. The summed E-state index contributed by atoms with van der Waals surface area (Å²) in [5, 5.41) is 6.91. The van der Waals surface area contributed by atoms with Gasteiger partial charge in [-0.05, 0) is 44.2 Å². The van der Waals surface area contributed by atoms with Crippen molar-refractivity contribution < 1.29 is 4.74 Å². The van der Waals surface area contributed by atoms with Crippen molar-refractivity contribution in [3.05, 3.63) is 11.8 Å². The summed E-state index contributed by atoms with van der Waals surface area (Å²) < 4.78 is 6.06. The van der Waals surface area contributed by atoms with Crippen molar-refractivity contribution in [2.24, 2.45) is 5.41 Å². The Morgan fingerprint density at radius 2 is 2.13 bits per heavy atom. The predicted octanol–water partition coefficient (Wildman–Crippen LogP) is 1.68. The average Bonchev–Trinajstić information content (AvgIpc) is 2.95. The molecule has 0 bridgehead atoms. The molecule has 0 aliphatic carbocycles. The summed E-state index contributed by atoms with van der Waals surface area (Å²) in [5.74, 6) is 1.66. The van der Waals surface area contributed by atoms with Crippen molar-refractivity contribution in [2.45, 2.75) is 38.7 Å². The molecule has 3 rings (SSSR count). The summed E-state index contributed by atoms with van der Waals surface area (Å²) in [4.78, 5) is 11.1. The SMILES string of the molecule is CCc1cc(NCC2CC3(CCNCC3)CO2)nc(N(C)C)n1.